The lowest BCUT2D eigenvalue weighted by Crippen LogP contribution is -2.34. The summed E-state index contributed by atoms with van der Waals surface area (Å²) in [4.78, 5) is 17.3. The maximum absolute atomic E-state index is 11.7. The van der Waals surface area contributed by atoms with Gasteiger partial charge in [0, 0.05) is 26.0 Å². The normalized spacial score (nSPS) is 11.6. The molecular formula is C15H22N2O2. The molecule has 0 saturated carbocycles. The van der Waals surface area contributed by atoms with E-state index in [0.29, 0.717) is 6.54 Å². The van der Waals surface area contributed by atoms with Crippen LogP contribution in [0.3, 0.4) is 0 Å². The number of amides is 1. The third kappa shape index (κ3) is 6.60. The Morgan fingerprint density at radius 2 is 2.21 bits per heavy atom. The van der Waals surface area contributed by atoms with Crippen LogP contribution in [-0.4, -0.2) is 35.2 Å². The fourth-order valence-electron chi connectivity index (χ4n) is 1.39. The smallest absolute Gasteiger partial charge is 0.410 e. The second kappa shape index (κ2) is 6.92. The molecule has 104 valence electrons. The second-order valence-corrected chi connectivity index (χ2v) is 5.38. The molecule has 1 rings (SSSR count). The average molecular weight is 262 g/mol. The van der Waals surface area contributed by atoms with Gasteiger partial charge in [-0.25, -0.2) is 4.79 Å². The van der Waals surface area contributed by atoms with Crippen molar-refractivity contribution in [2.24, 2.45) is 0 Å². The molecule has 0 radical (unpaired) electrons. The highest BCUT2D eigenvalue weighted by Gasteiger charge is 2.18. The summed E-state index contributed by atoms with van der Waals surface area (Å²) in [6, 6.07) is 3.88. The molecular weight excluding hydrogens is 240 g/mol. The summed E-state index contributed by atoms with van der Waals surface area (Å²) in [6.07, 6.45) is 8.06. The zero-order chi connectivity index (χ0) is 14.3. The van der Waals surface area contributed by atoms with Crippen molar-refractivity contribution < 1.29 is 9.53 Å². The molecule has 0 fully saturated rings. The summed E-state index contributed by atoms with van der Waals surface area (Å²) in [7, 11) is 1.74. The molecule has 0 aromatic carbocycles. The number of nitrogens with zero attached hydrogens (tertiary/aromatic N) is 2. The molecule has 1 amide bonds. The molecule has 0 atom stereocenters. The minimum Gasteiger partial charge on any atom is -0.444 e. The summed E-state index contributed by atoms with van der Waals surface area (Å²) in [5.74, 6) is 0. The first-order valence-electron chi connectivity index (χ1n) is 6.39. The van der Waals surface area contributed by atoms with Crippen LogP contribution in [-0.2, 0) is 4.74 Å². The Morgan fingerprint density at radius 1 is 1.47 bits per heavy atom. The maximum Gasteiger partial charge on any atom is 0.410 e. The molecule has 0 spiro atoms. The molecule has 0 aliphatic carbocycles. The maximum atomic E-state index is 11.7. The van der Waals surface area contributed by atoms with Crippen molar-refractivity contribution in [1.82, 2.24) is 9.88 Å². The molecule has 0 aliphatic rings. The van der Waals surface area contributed by atoms with Crippen LogP contribution in [0.1, 0.15) is 32.8 Å². The van der Waals surface area contributed by atoms with Gasteiger partial charge in [0.1, 0.15) is 5.60 Å². The highest BCUT2D eigenvalue weighted by molar-refractivity contribution is 5.67. The van der Waals surface area contributed by atoms with Crippen LogP contribution in [0.25, 0.3) is 6.08 Å². The average Bonchev–Trinajstić information content (AvgIpc) is 2.33. The number of pyridine rings is 1. The van der Waals surface area contributed by atoms with Gasteiger partial charge >= 0.3 is 6.09 Å². The highest BCUT2D eigenvalue weighted by atomic mass is 16.6. The van der Waals surface area contributed by atoms with Gasteiger partial charge in [-0.2, -0.15) is 0 Å². The third-order valence-corrected chi connectivity index (χ3v) is 2.33. The Bertz CT molecular complexity index is 422. The number of aromatic nitrogens is 1. The molecule has 19 heavy (non-hydrogen) atoms. The predicted octanol–water partition coefficient (Wildman–Crippen LogP) is 3.35. The molecule has 1 heterocycles. The van der Waals surface area contributed by atoms with E-state index in [0.717, 1.165) is 12.0 Å². The van der Waals surface area contributed by atoms with Crippen molar-refractivity contribution in [2.45, 2.75) is 32.8 Å². The van der Waals surface area contributed by atoms with Gasteiger partial charge < -0.3 is 9.64 Å². The van der Waals surface area contributed by atoms with Crippen molar-refractivity contribution in [3.8, 4) is 0 Å². The first-order valence-corrected chi connectivity index (χ1v) is 6.39. The fraction of sp³-hybridized carbons (Fsp3) is 0.467. The monoisotopic (exact) mass is 262 g/mol. The van der Waals surface area contributed by atoms with Crippen LogP contribution in [0.2, 0.25) is 0 Å². The molecule has 1 aromatic heterocycles. The lowest BCUT2D eigenvalue weighted by molar-refractivity contribution is 0.0302. The third-order valence-electron chi connectivity index (χ3n) is 2.33. The van der Waals surface area contributed by atoms with Gasteiger partial charge in [0.25, 0.3) is 0 Å². The largest absolute Gasteiger partial charge is 0.444 e. The van der Waals surface area contributed by atoms with Gasteiger partial charge in [0.05, 0.1) is 0 Å². The van der Waals surface area contributed by atoms with Crippen molar-refractivity contribution in [2.75, 3.05) is 13.6 Å². The Hall–Kier alpha value is -1.84. The number of carbonyl (C=O) groups is 1. The zero-order valence-electron chi connectivity index (χ0n) is 12.1. The summed E-state index contributed by atoms with van der Waals surface area (Å²) in [5.41, 5.74) is 0.610. The Morgan fingerprint density at radius 3 is 2.79 bits per heavy atom. The zero-order valence-corrected chi connectivity index (χ0v) is 12.1. The summed E-state index contributed by atoms with van der Waals surface area (Å²) in [5, 5.41) is 0. The van der Waals surface area contributed by atoms with Crippen LogP contribution >= 0.6 is 0 Å². The van der Waals surface area contributed by atoms with E-state index in [1.165, 1.54) is 0 Å². The van der Waals surface area contributed by atoms with E-state index in [2.05, 4.69) is 4.98 Å². The predicted molar refractivity (Wildman–Crippen MR) is 76.8 cm³/mol. The van der Waals surface area contributed by atoms with Gasteiger partial charge in [-0.15, -0.1) is 0 Å². The van der Waals surface area contributed by atoms with Gasteiger partial charge in [0.15, 0.2) is 0 Å². The fourth-order valence-corrected chi connectivity index (χ4v) is 1.39. The molecule has 0 N–H and O–H groups in total. The van der Waals surface area contributed by atoms with Crippen LogP contribution in [0, 0.1) is 0 Å². The number of ether oxygens (including phenoxy) is 1. The SMILES string of the molecule is CN(CC/C=C/c1cccnc1)C(=O)OC(C)(C)C. The topological polar surface area (TPSA) is 42.4 Å². The Kier molecular flexibility index (Phi) is 5.55. The van der Waals surface area contributed by atoms with E-state index in [9.17, 15) is 4.79 Å². The van der Waals surface area contributed by atoms with Gasteiger partial charge in [0.2, 0.25) is 0 Å². The van der Waals surface area contributed by atoms with Crippen LogP contribution in [0.4, 0.5) is 4.79 Å². The number of rotatable bonds is 4. The van der Waals surface area contributed by atoms with E-state index >= 15 is 0 Å². The number of hydrogen-bond acceptors (Lipinski definition) is 3. The van der Waals surface area contributed by atoms with Crippen LogP contribution in [0.5, 0.6) is 0 Å². The van der Waals surface area contributed by atoms with E-state index in [1.807, 2.05) is 45.1 Å². The number of carbonyl (C=O) groups excluding carboxylic acids is 1. The summed E-state index contributed by atoms with van der Waals surface area (Å²) < 4.78 is 5.27. The molecule has 1 aromatic rings. The van der Waals surface area contributed by atoms with Crippen molar-refractivity contribution in [1.29, 1.82) is 0 Å². The summed E-state index contributed by atoms with van der Waals surface area (Å²) >= 11 is 0. The molecule has 4 nitrogen and oxygen atoms in total. The van der Waals surface area contributed by atoms with Gasteiger partial charge in [-0.1, -0.05) is 18.2 Å². The molecule has 4 heteroatoms. The van der Waals surface area contributed by atoms with Crippen molar-refractivity contribution in [3.63, 3.8) is 0 Å². The molecule has 0 saturated heterocycles. The van der Waals surface area contributed by atoms with Crippen LogP contribution < -0.4 is 0 Å². The van der Waals surface area contributed by atoms with Gasteiger partial charge in [-0.3, -0.25) is 4.98 Å². The standard InChI is InChI=1S/C15H22N2O2/c1-15(2,3)19-14(18)17(4)11-6-5-8-13-9-7-10-16-12-13/h5,7-10,12H,6,11H2,1-4H3/b8-5+. The second-order valence-electron chi connectivity index (χ2n) is 5.38. The van der Waals surface area contributed by atoms with E-state index < -0.39 is 5.60 Å². The van der Waals surface area contributed by atoms with Gasteiger partial charge in [-0.05, 0) is 38.8 Å². The molecule has 0 unspecified atom stereocenters. The van der Waals surface area contributed by atoms with Crippen molar-refractivity contribution in [3.05, 3.63) is 36.2 Å². The Labute approximate surface area is 115 Å². The first kappa shape index (κ1) is 15.2. The highest BCUT2D eigenvalue weighted by Crippen LogP contribution is 2.09. The molecule has 0 bridgehead atoms. The molecule has 0 aliphatic heterocycles. The minimum atomic E-state index is -0.448. The Balaban J connectivity index is 2.33. The number of hydrogen-bond donors (Lipinski definition) is 0. The lowest BCUT2D eigenvalue weighted by Gasteiger charge is -2.24. The van der Waals surface area contributed by atoms with E-state index in [4.69, 9.17) is 4.74 Å². The van der Waals surface area contributed by atoms with E-state index in [1.54, 1.807) is 24.3 Å². The quantitative estimate of drug-likeness (QED) is 0.835. The first-order chi connectivity index (χ1) is 8.88. The minimum absolute atomic E-state index is 0.290. The van der Waals surface area contributed by atoms with Crippen molar-refractivity contribution >= 4 is 12.2 Å². The lowest BCUT2D eigenvalue weighted by atomic mass is 10.2. The summed E-state index contributed by atoms with van der Waals surface area (Å²) in [6.45, 7) is 6.22. The van der Waals surface area contributed by atoms with Crippen LogP contribution in [0.15, 0.2) is 30.6 Å². The van der Waals surface area contributed by atoms with E-state index in [-0.39, 0.29) is 6.09 Å².